The molecule has 0 unspecified atom stereocenters. The number of carboxylic acid groups (broad SMARTS) is 1. The predicted octanol–water partition coefficient (Wildman–Crippen LogP) is 2.68. The summed E-state index contributed by atoms with van der Waals surface area (Å²) in [4.78, 5) is 12.9. The first-order valence-electron chi connectivity index (χ1n) is 7.37. The molecule has 1 heterocycles. The molecule has 0 spiro atoms. The van der Waals surface area contributed by atoms with Crippen LogP contribution in [0.15, 0.2) is 12.3 Å². The summed E-state index contributed by atoms with van der Waals surface area (Å²) in [6.45, 7) is 6.72. The lowest BCUT2D eigenvalue weighted by molar-refractivity contribution is -0.139. The number of rotatable bonds is 5. The largest absolute Gasteiger partial charge is 0.480 e. The molecule has 1 fully saturated rings. The van der Waals surface area contributed by atoms with Crippen molar-refractivity contribution in [3.05, 3.63) is 18.0 Å². The van der Waals surface area contributed by atoms with Crippen molar-refractivity contribution in [3.63, 3.8) is 0 Å². The highest BCUT2D eigenvalue weighted by atomic mass is 16.4. The number of aromatic nitrogens is 2. The fourth-order valence-corrected chi connectivity index (χ4v) is 2.72. The lowest BCUT2D eigenvalue weighted by Crippen LogP contribution is -2.43. The summed E-state index contributed by atoms with van der Waals surface area (Å²) in [6, 6.07) is 2.55. The second-order valence-electron chi connectivity index (χ2n) is 6.65. The van der Waals surface area contributed by atoms with Crippen LogP contribution in [0.2, 0.25) is 0 Å². The van der Waals surface area contributed by atoms with Gasteiger partial charge in [0.25, 0.3) is 0 Å². The molecule has 0 radical (unpaired) electrons. The summed E-state index contributed by atoms with van der Waals surface area (Å²) in [5.41, 5.74) is 0.767. The van der Waals surface area contributed by atoms with Gasteiger partial charge < -0.3 is 5.11 Å². The highest BCUT2D eigenvalue weighted by Crippen LogP contribution is 2.29. The van der Waals surface area contributed by atoms with Crippen LogP contribution in [0.4, 0.5) is 0 Å². The Hall–Kier alpha value is -1.36. The molecule has 112 valence electrons. The fraction of sp³-hybridized carbons (Fsp3) is 0.733. The van der Waals surface area contributed by atoms with Gasteiger partial charge in [0.2, 0.25) is 0 Å². The third-order valence-corrected chi connectivity index (χ3v) is 3.99. The van der Waals surface area contributed by atoms with E-state index in [-0.39, 0.29) is 12.1 Å². The van der Waals surface area contributed by atoms with Crippen LogP contribution >= 0.6 is 0 Å². The van der Waals surface area contributed by atoms with Gasteiger partial charge in [0.1, 0.15) is 0 Å². The number of carboxylic acids is 1. The molecular weight excluding hydrogens is 254 g/mol. The predicted molar refractivity (Wildman–Crippen MR) is 77.5 cm³/mol. The quantitative estimate of drug-likeness (QED) is 0.900. The molecule has 5 nitrogen and oxygen atoms in total. The third-order valence-electron chi connectivity index (χ3n) is 3.99. The van der Waals surface area contributed by atoms with E-state index in [2.05, 4.69) is 9.78 Å². The maximum atomic E-state index is 11.0. The van der Waals surface area contributed by atoms with Crippen LogP contribution < -0.4 is 0 Å². The molecule has 1 saturated carbocycles. The molecule has 1 aliphatic rings. The first-order chi connectivity index (χ1) is 9.36. The molecule has 1 aliphatic carbocycles. The van der Waals surface area contributed by atoms with E-state index in [1.54, 1.807) is 0 Å². The lowest BCUT2D eigenvalue weighted by Gasteiger charge is -2.33. The van der Waals surface area contributed by atoms with Gasteiger partial charge in [-0.2, -0.15) is 5.10 Å². The molecule has 2 rings (SSSR count). The minimum atomic E-state index is -0.796. The van der Waals surface area contributed by atoms with Gasteiger partial charge in [-0.1, -0.05) is 12.8 Å². The van der Waals surface area contributed by atoms with Gasteiger partial charge >= 0.3 is 5.97 Å². The van der Waals surface area contributed by atoms with E-state index in [4.69, 9.17) is 5.11 Å². The van der Waals surface area contributed by atoms with Crippen LogP contribution in [0.1, 0.15) is 58.2 Å². The van der Waals surface area contributed by atoms with Crippen LogP contribution in [0.25, 0.3) is 0 Å². The van der Waals surface area contributed by atoms with Gasteiger partial charge in [-0.15, -0.1) is 0 Å². The van der Waals surface area contributed by atoms with Crippen molar-refractivity contribution < 1.29 is 9.90 Å². The average molecular weight is 279 g/mol. The third kappa shape index (κ3) is 3.82. The summed E-state index contributed by atoms with van der Waals surface area (Å²) in [6.07, 6.45) is 7.02. The Bertz CT molecular complexity index is 456. The normalized spacial score (nSPS) is 17.0. The van der Waals surface area contributed by atoms with Gasteiger partial charge in [-0.05, 0) is 39.7 Å². The Morgan fingerprint density at radius 3 is 2.65 bits per heavy atom. The van der Waals surface area contributed by atoms with Crippen LogP contribution in [0.3, 0.4) is 0 Å². The van der Waals surface area contributed by atoms with Crippen LogP contribution in [-0.2, 0) is 11.3 Å². The zero-order valence-electron chi connectivity index (χ0n) is 12.7. The summed E-state index contributed by atoms with van der Waals surface area (Å²) < 4.78 is 2.06. The van der Waals surface area contributed by atoms with Crippen LogP contribution in [0.5, 0.6) is 0 Å². The molecule has 5 heteroatoms. The van der Waals surface area contributed by atoms with Gasteiger partial charge in [-0.3, -0.25) is 14.4 Å². The maximum Gasteiger partial charge on any atom is 0.317 e. The van der Waals surface area contributed by atoms with Crippen molar-refractivity contribution in [3.8, 4) is 0 Å². The Balaban J connectivity index is 2.04. The molecule has 20 heavy (non-hydrogen) atoms. The molecular formula is C15H25N3O2. The second kappa shape index (κ2) is 5.95. The Morgan fingerprint density at radius 1 is 1.45 bits per heavy atom. The average Bonchev–Trinajstić information content (AvgIpc) is 2.95. The molecule has 0 aliphatic heterocycles. The van der Waals surface area contributed by atoms with Crippen molar-refractivity contribution in [2.24, 2.45) is 0 Å². The van der Waals surface area contributed by atoms with Crippen molar-refractivity contribution in [2.75, 3.05) is 6.54 Å². The van der Waals surface area contributed by atoms with Gasteiger partial charge in [0.05, 0.1) is 18.3 Å². The summed E-state index contributed by atoms with van der Waals surface area (Å²) in [5.74, 6) is -0.796. The summed E-state index contributed by atoms with van der Waals surface area (Å²) >= 11 is 0. The lowest BCUT2D eigenvalue weighted by atomic mass is 10.1. The molecule has 0 aromatic carbocycles. The Labute approximate surface area is 120 Å². The second-order valence-corrected chi connectivity index (χ2v) is 6.65. The van der Waals surface area contributed by atoms with Gasteiger partial charge in [-0.25, -0.2) is 0 Å². The number of carbonyl (C=O) groups is 1. The van der Waals surface area contributed by atoms with Crippen molar-refractivity contribution in [1.29, 1.82) is 0 Å². The van der Waals surface area contributed by atoms with E-state index in [1.165, 1.54) is 25.7 Å². The molecule has 1 N–H and O–H groups in total. The minimum Gasteiger partial charge on any atom is -0.480 e. The van der Waals surface area contributed by atoms with Gasteiger partial charge in [0.15, 0.2) is 0 Å². The van der Waals surface area contributed by atoms with E-state index in [0.29, 0.717) is 12.6 Å². The maximum absolute atomic E-state index is 11.0. The zero-order chi connectivity index (χ0) is 14.8. The zero-order valence-corrected chi connectivity index (χ0v) is 12.7. The standard InChI is InChI=1S/C15H25N3O2/c1-15(2,3)17(11-14(19)20)10-12-8-9-18(16-12)13-6-4-5-7-13/h8-9,13H,4-7,10-11H2,1-3H3,(H,19,20). The summed E-state index contributed by atoms with van der Waals surface area (Å²) in [5, 5.41) is 13.7. The monoisotopic (exact) mass is 279 g/mol. The molecule has 0 atom stereocenters. The number of nitrogens with zero attached hydrogens (tertiary/aromatic N) is 3. The van der Waals surface area contributed by atoms with Crippen molar-refractivity contribution in [2.45, 2.75) is 64.6 Å². The van der Waals surface area contributed by atoms with Gasteiger partial charge in [0, 0.05) is 18.3 Å². The van der Waals surface area contributed by atoms with E-state index in [1.807, 2.05) is 37.9 Å². The van der Waals surface area contributed by atoms with Crippen LogP contribution in [0, 0.1) is 0 Å². The molecule has 0 saturated heterocycles. The summed E-state index contributed by atoms with van der Waals surface area (Å²) in [7, 11) is 0. The SMILES string of the molecule is CC(C)(C)N(CC(=O)O)Cc1ccn(C2CCCC2)n1. The smallest absolute Gasteiger partial charge is 0.317 e. The van der Waals surface area contributed by atoms with Crippen LogP contribution in [-0.4, -0.2) is 37.8 Å². The Morgan fingerprint density at radius 2 is 2.10 bits per heavy atom. The molecule has 0 bridgehead atoms. The topological polar surface area (TPSA) is 58.4 Å². The van der Waals surface area contributed by atoms with E-state index in [0.717, 1.165) is 5.69 Å². The fourth-order valence-electron chi connectivity index (χ4n) is 2.72. The number of hydrogen-bond donors (Lipinski definition) is 1. The van der Waals surface area contributed by atoms with E-state index in [9.17, 15) is 4.79 Å². The Kier molecular flexibility index (Phi) is 4.48. The highest BCUT2D eigenvalue weighted by molar-refractivity contribution is 5.69. The highest BCUT2D eigenvalue weighted by Gasteiger charge is 2.25. The minimum absolute atomic E-state index is 0.0415. The number of aliphatic carboxylic acids is 1. The first kappa shape index (κ1) is 15.0. The van der Waals surface area contributed by atoms with E-state index >= 15 is 0 Å². The van der Waals surface area contributed by atoms with Crippen molar-refractivity contribution in [1.82, 2.24) is 14.7 Å². The first-order valence-corrected chi connectivity index (χ1v) is 7.37. The molecule has 1 aromatic heterocycles. The van der Waals surface area contributed by atoms with Crippen molar-refractivity contribution >= 4 is 5.97 Å². The molecule has 0 amide bonds. The number of hydrogen-bond acceptors (Lipinski definition) is 3. The molecule has 1 aromatic rings. The van der Waals surface area contributed by atoms with E-state index < -0.39 is 5.97 Å².